The largest absolute Gasteiger partial charge is 0.274 e. The summed E-state index contributed by atoms with van der Waals surface area (Å²) >= 11 is 0. The van der Waals surface area contributed by atoms with Crippen molar-refractivity contribution in [2.24, 2.45) is 7.05 Å². The topological polar surface area (TPSA) is 34.9 Å². The van der Waals surface area contributed by atoms with Gasteiger partial charge in [0.2, 0.25) is 0 Å². The minimum absolute atomic E-state index is 0.0544. The highest BCUT2D eigenvalue weighted by Crippen LogP contribution is 2.17. The van der Waals surface area contributed by atoms with Crippen LogP contribution >= 0.6 is 0 Å². The highest BCUT2D eigenvalue weighted by Gasteiger charge is 2.07. The van der Waals surface area contributed by atoms with Crippen LogP contribution < -0.4 is 5.56 Å². The van der Waals surface area contributed by atoms with E-state index in [1.807, 2.05) is 37.3 Å². The van der Waals surface area contributed by atoms with Gasteiger partial charge >= 0.3 is 0 Å². The van der Waals surface area contributed by atoms with Crippen LogP contribution in [0.4, 0.5) is 0 Å². The third kappa shape index (κ3) is 1.68. The summed E-state index contributed by atoms with van der Waals surface area (Å²) in [7, 11) is 1.66. The van der Waals surface area contributed by atoms with Crippen LogP contribution in [0.15, 0.2) is 41.3 Å². The van der Waals surface area contributed by atoms with Crippen LogP contribution in [0.3, 0.4) is 0 Å². The molecule has 0 spiro atoms. The lowest BCUT2D eigenvalue weighted by Gasteiger charge is -2.05. The Kier molecular flexibility index (Phi) is 2.37. The average Bonchev–Trinajstić information content (AvgIpc) is 2.26. The molecule has 1 aromatic heterocycles. The van der Waals surface area contributed by atoms with Crippen molar-refractivity contribution in [1.82, 2.24) is 9.78 Å². The Morgan fingerprint density at radius 2 is 1.87 bits per heavy atom. The molecule has 2 rings (SSSR count). The fraction of sp³-hybridized carbons (Fsp3) is 0.167. The molecule has 0 aliphatic rings. The number of nitrogens with zero attached hydrogens (tertiary/aromatic N) is 2. The molecule has 0 atom stereocenters. The SMILES string of the molecule is Cc1cnn(C)c(=O)c1-c1ccccc1. The predicted octanol–water partition coefficient (Wildman–Crippen LogP) is 1.76. The molecule has 0 bridgehead atoms. The Morgan fingerprint density at radius 3 is 2.53 bits per heavy atom. The van der Waals surface area contributed by atoms with Gasteiger partial charge in [0.15, 0.2) is 0 Å². The highest BCUT2D eigenvalue weighted by atomic mass is 16.1. The second-order valence-electron chi connectivity index (χ2n) is 3.50. The first kappa shape index (κ1) is 9.65. The van der Waals surface area contributed by atoms with Crippen molar-refractivity contribution in [3.05, 3.63) is 52.4 Å². The van der Waals surface area contributed by atoms with Gasteiger partial charge in [-0.1, -0.05) is 30.3 Å². The first-order chi connectivity index (χ1) is 7.20. The Morgan fingerprint density at radius 1 is 1.20 bits per heavy atom. The number of hydrogen-bond donors (Lipinski definition) is 0. The Bertz CT molecular complexity index is 529. The molecular formula is C12H12N2O. The summed E-state index contributed by atoms with van der Waals surface area (Å²) in [4.78, 5) is 11.9. The number of hydrogen-bond acceptors (Lipinski definition) is 2. The van der Waals surface area contributed by atoms with Crippen LogP contribution in [-0.4, -0.2) is 9.78 Å². The van der Waals surface area contributed by atoms with Crippen LogP contribution in [0.1, 0.15) is 5.56 Å². The molecule has 0 N–H and O–H groups in total. The molecule has 0 radical (unpaired) electrons. The van der Waals surface area contributed by atoms with Crippen molar-refractivity contribution in [2.75, 3.05) is 0 Å². The number of aryl methyl sites for hydroxylation is 2. The Hall–Kier alpha value is -1.90. The van der Waals surface area contributed by atoms with Gasteiger partial charge < -0.3 is 0 Å². The molecule has 3 nitrogen and oxygen atoms in total. The molecule has 0 saturated carbocycles. The van der Waals surface area contributed by atoms with Crippen LogP contribution in [-0.2, 0) is 7.05 Å². The quantitative estimate of drug-likeness (QED) is 0.703. The maximum atomic E-state index is 11.9. The van der Waals surface area contributed by atoms with Crippen molar-refractivity contribution >= 4 is 0 Å². The smallest absolute Gasteiger partial charge is 0.267 e. The molecule has 76 valence electrons. The molecule has 2 aromatic rings. The Labute approximate surface area is 88.0 Å². The van der Waals surface area contributed by atoms with Crippen molar-refractivity contribution in [1.29, 1.82) is 0 Å². The lowest BCUT2D eigenvalue weighted by molar-refractivity contribution is 0.706. The molecule has 0 amide bonds. The molecule has 0 fully saturated rings. The van der Waals surface area contributed by atoms with E-state index in [1.54, 1.807) is 13.2 Å². The van der Waals surface area contributed by atoms with Gasteiger partial charge in [-0.05, 0) is 18.1 Å². The summed E-state index contributed by atoms with van der Waals surface area (Å²) in [5.41, 5.74) is 2.52. The van der Waals surface area contributed by atoms with Gasteiger partial charge in [0.25, 0.3) is 5.56 Å². The summed E-state index contributed by atoms with van der Waals surface area (Å²) in [5.74, 6) is 0. The van der Waals surface area contributed by atoms with Gasteiger partial charge in [-0.25, -0.2) is 4.68 Å². The van der Waals surface area contributed by atoms with E-state index < -0.39 is 0 Å². The molecule has 0 aliphatic heterocycles. The molecule has 1 aromatic carbocycles. The van der Waals surface area contributed by atoms with Crippen molar-refractivity contribution < 1.29 is 0 Å². The number of rotatable bonds is 1. The zero-order valence-corrected chi connectivity index (χ0v) is 8.77. The molecule has 0 unspecified atom stereocenters. The first-order valence-corrected chi connectivity index (χ1v) is 4.78. The van der Waals surface area contributed by atoms with Crippen LogP contribution in [0.25, 0.3) is 11.1 Å². The molecule has 15 heavy (non-hydrogen) atoms. The first-order valence-electron chi connectivity index (χ1n) is 4.78. The summed E-state index contributed by atoms with van der Waals surface area (Å²) in [6, 6.07) is 9.65. The molecule has 0 saturated heterocycles. The molecule has 3 heteroatoms. The minimum Gasteiger partial charge on any atom is -0.267 e. The average molecular weight is 200 g/mol. The van der Waals surface area contributed by atoms with Crippen LogP contribution in [0, 0.1) is 6.92 Å². The number of benzene rings is 1. The van der Waals surface area contributed by atoms with E-state index in [2.05, 4.69) is 5.10 Å². The number of aromatic nitrogens is 2. The van der Waals surface area contributed by atoms with E-state index in [4.69, 9.17) is 0 Å². The van der Waals surface area contributed by atoms with E-state index in [-0.39, 0.29) is 5.56 Å². The van der Waals surface area contributed by atoms with Gasteiger partial charge in [-0.15, -0.1) is 0 Å². The summed E-state index contributed by atoms with van der Waals surface area (Å²) in [6.07, 6.45) is 1.71. The monoisotopic (exact) mass is 200 g/mol. The van der Waals surface area contributed by atoms with Crippen molar-refractivity contribution in [3.63, 3.8) is 0 Å². The normalized spacial score (nSPS) is 10.3. The van der Waals surface area contributed by atoms with Crippen LogP contribution in [0.2, 0.25) is 0 Å². The van der Waals surface area contributed by atoms with E-state index in [0.29, 0.717) is 0 Å². The minimum atomic E-state index is -0.0544. The van der Waals surface area contributed by atoms with E-state index in [9.17, 15) is 4.79 Å². The fourth-order valence-electron chi connectivity index (χ4n) is 1.58. The molecular weight excluding hydrogens is 188 g/mol. The maximum absolute atomic E-state index is 11.9. The van der Waals surface area contributed by atoms with Crippen molar-refractivity contribution in [3.8, 4) is 11.1 Å². The van der Waals surface area contributed by atoms with Gasteiger partial charge in [-0.3, -0.25) is 4.79 Å². The lowest BCUT2D eigenvalue weighted by Crippen LogP contribution is -2.21. The zero-order chi connectivity index (χ0) is 10.8. The van der Waals surface area contributed by atoms with Crippen molar-refractivity contribution in [2.45, 2.75) is 6.92 Å². The zero-order valence-electron chi connectivity index (χ0n) is 8.77. The Balaban J connectivity index is 2.73. The van der Waals surface area contributed by atoms with Gasteiger partial charge in [0.05, 0.1) is 11.8 Å². The third-order valence-electron chi connectivity index (χ3n) is 2.39. The van der Waals surface area contributed by atoms with Gasteiger partial charge in [0, 0.05) is 7.05 Å². The lowest BCUT2D eigenvalue weighted by atomic mass is 10.0. The van der Waals surface area contributed by atoms with E-state index >= 15 is 0 Å². The molecule has 0 aliphatic carbocycles. The van der Waals surface area contributed by atoms with Gasteiger partial charge in [0.1, 0.15) is 0 Å². The summed E-state index contributed by atoms with van der Waals surface area (Å²) in [5, 5.41) is 3.97. The fourth-order valence-corrected chi connectivity index (χ4v) is 1.58. The summed E-state index contributed by atoms with van der Waals surface area (Å²) in [6.45, 7) is 1.90. The van der Waals surface area contributed by atoms with Gasteiger partial charge in [-0.2, -0.15) is 5.10 Å². The summed E-state index contributed by atoms with van der Waals surface area (Å²) < 4.78 is 1.36. The second kappa shape index (κ2) is 3.69. The predicted molar refractivity (Wildman–Crippen MR) is 59.7 cm³/mol. The second-order valence-corrected chi connectivity index (χ2v) is 3.50. The molecule has 1 heterocycles. The van der Waals surface area contributed by atoms with E-state index in [0.717, 1.165) is 16.7 Å². The third-order valence-corrected chi connectivity index (χ3v) is 2.39. The van der Waals surface area contributed by atoms with Crippen LogP contribution in [0.5, 0.6) is 0 Å². The highest BCUT2D eigenvalue weighted by molar-refractivity contribution is 5.65. The van der Waals surface area contributed by atoms with E-state index in [1.165, 1.54) is 4.68 Å². The maximum Gasteiger partial charge on any atom is 0.274 e. The standard InChI is InChI=1S/C12H12N2O/c1-9-8-13-14(2)12(15)11(9)10-6-4-3-5-7-10/h3-8H,1-2H3.